The van der Waals surface area contributed by atoms with Crippen LogP contribution < -0.4 is 10.6 Å². The first kappa shape index (κ1) is 16.5. The number of hydrogen-bond acceptors (Lipinski definition) is 3. The zero-order valence-corrected chi connectivity index (χ0v) is 13.2. The lowest BCUT2D eigenvalue weighted by atomic mass is 10.1. The van der Waals surface area contributed by atoms with Gasteiger partial charge in [-0.15, -0.1) is 0 Å². The molecule has 112 valence electrons. The fraction of sp³-hybridized carbons (Fsp3) is 0.625. The average Bonchev–Trinajstić information content (AvgIpc) is 2.38. The maximum Gasteiger partial charge on any atom is 0.141 e. The molecule has 0 aromatic carbocycles. The van der Waals surface area contributed by atoms with Crippen LogP contribution in [0, 0.1) is 17.2 Å². The van der Waals surface area contributed by atoms with E-state index in [2.05, 4.69) is 37.6 Å². The molecule has 0 aliphatic heterocycles. The second-order valence-electron chi connectivity index (χ2n) is 6.15. The lowest BCUT2D eigenvalue weighted by molar-refractivity contribution is 0.533. The van der Waals surface area contributed by atoms with Gasteiger partial charge in [0.1, 0.15) is 17.3 Å². The normalized spacial score (nSPS) is 11.1. The van der Waals surface area contributed by atoms with E-state index in [4.69, 9.17) is 11.1 Å². The third kappa shape index (κ3) is 5.59. The SMILES string of the molecule is CC(C)CCN(CCC(C)C)c1cccc(C(=N)N)n1. The minimum absolute atomic E-state index is 0.0273. The number of nitrogens with one attached hydrogen (secondary N) is 1. The number of anilines is 1. The molecule has 0 atom stereocenters. The molecule has 1 rings (SSSR count). The lowest BCUT2D eigenvalue weighted by Crippen LogP contribution is -2.29. The highest BCUT2D eigenvalue weighted by Crippen LogP contribution is 2.15. The van der Waals surface area contributed by atoms with E-state index in [0.717, 1.165) is 31.7 Å². The summed E-state index contributed by atoms with van der Waals surface area (Å²) in [6, 6.07) is 5.72. The Bertz CT molecular complexity index is 414. The molecule has 4 nitrogen and oxygen atoms in total. The molecular formula is C16H28N4. The number of aromatic nitrogens is 1. The monoisotopic (exact) mass is 276 g/mol. The first-order valence-electron chi connectivity index (χ1n) is 7.46. The number of rotatable bonds is 8. The van der Waals surface area contributed by atoms with E-state index in [1.165, 1.54) is 0 Å². The second kappa shape index (κ2) is 7.88. The third-order valence-corrected chi connectivity index (χ3v) is 3.29. The molecule has 0 aliphatic carbocycles. The van der Waals surface area contributed by atoms with Crippen LogP contribution in [0.15, 0.2) is 18.2 Å². The van der Waals surface area contributed by atoms with E-state index in [-0.39, 0.29) is 5.84 Å². The van der Waals surface area contributed by atoms with Crippen LogP contribution in [0.2, 0.25) is 0 Å². The standard InChI is InChI=1S/C16H28N4/c1-12(2)8-10-20(11-9-13(3)4)15-7-5-6-14(19-15)16(17)18/h5-7,12-13H,8-11H2,1-4H3,(H3,17,18). The molecule has 0 spiro atoms. The van der Waals surface area contributed by atoms with Crippen molar-refractivity contribution in [3.63, 3.8) is 0 Å². The Balaban J connectivity index is 2.84. The molecule has 20 heavy (non-hydrogen) atoms. The van der Waals surface area contributed by atoms with Gasteiger partial charge < -0.3 is 10.6 Å². The molecule has 0 aliphatic rings. The quantitative estimate of drug-likeness (QED) is 0.565. The van der Waals surface area contributed by atoms with Crippen molar-refractivity contribution >= 4 is 11.7 Å². The van der Waals surface area contributed by atoms with Crippen molar-refractivity contribution in [3.05, 3.63) is 23.9 Å². The van der Waals surface area contributed by atoms with Gasteiger partial charge in [-0.2, -0.15) is 0 Å². The summed E-state index contributed by atoms with van der Waals surface area (Å²) in [7, 11) is 0. The number of nitrogens with zero attached hydrogens (tertiary/aromatic N) is 2. The highest BCUT2D eigenvalue weighted by Gasteiger charge is 2.11. The Kier molecular flexibility index (Phi) is 6.49. The van der Waals surface area contributed by atoms with Crippen LogP contribution in [0.3, 0.4) is 0 Å². The molecular weight excluding hydrogens is 248 g/mol. The summed E-state index contributed by atoms with van der Waals surface area (Å²) in [4.78, 5) is 6.82. The van der Waals surface area contributed by atoms with Gasteiger partial charge in [-0.3, -0.25) is 5.41 Å². The summed E-state index contributed by atoms with van der Waals surface area (Å²) < 4.78 is 0. The van der Waals surface area contributed by atoms with Gasteiger partial charge in [0.15, 0.2) is 0 Å². The van der Waals surface area contributed by atoms with Gasteiger partial charge in [0.05, 0.1) is 0 Å². The number of hydrogen-bond donors (Lipinski definition) is 2. The molecule has 0 saturated carbocycles. The summed E-state index contributed by atoms with van der Waals surface area (Å²) in [6.45, 7) is 10.9. The molecule has 4 heteroatoms. The maximum absolute atomic E-state index is 7.51. The van der Waals surface area contributed by atoms with Gasteiger partial charge >= 0.3 is 0 Å². The summed E-state index contributed by atoms with van der Waals surface area (Å²) in [5.74, 6) is 2.30. The predicted octanol–water partition coefficient (Wildman–Crippen LogP) is 3.26. The minimum atomic E-state index is 0.0273. The molecule has 0 amide bonds. The van der Waals surface area contributed by atoms with Crippen molar-refractivity contribution in [1.82, 2.24) is 4.98 Å². The van der Waals surface area contributed by atoms with Crippen LogP contribution in [0.5, 0.6) is 0 Å². The van der Waals surface area contributed by atoms with Crippen LogP contribution in [0.25, 0.3) is 0 Å². The number of nitrogen functional groups attached to an aromatic ring is 1. The zero-order valence-electron chi connectivity index (χ0n) is 13.2. The van der Waals surface area contributed by atoms with Crippen molar-refractivity contribution in [2.24, 2.45) is 17.6 Å². The summed E-state index contributed by atoms with van der Waals surface area (Å²) >= 11 is 0. The molecule has 0 fully saturated rings. The van der Waals surface area contributed by atoms with Gasteiger partial charge in [0, 0.05) is 13.1 Å². The van der Waals surface area contributed by atoms with E-state index < -0.39 is 0 Å². The Morgan fingerprint density at radius 2 is 1.70 bits per heavy atom. The summed E-state index contributed by atoms with van der Waals surface area (Å²) in [5.41, 5.74) is 6.09. The van der Waals surface area contributed by atoms with Crippen molar-refractivity contribution in [2.75, 3.05) is 18.0 Å². The maximum atomic E-state index is 7.51. The van der Waals surface area contributed by atoms with Crippen LogP contribution in [-0.2, 0) is 0 Å². The summed E-state index contributed by atoms with van der Waals surface area (Å²) in [6.07, 6.45) is 2.29. The lowest BCUT2D eigenvalue weighted by Gasteiger charge is -2.25. The Morgan fingerprint density at radius 1 is 1.15 bits per heavy atom. The van der Waals surface area contributed by atoms with Gasteiger partial charge in [-0.1, -0.05) is 33.8 Å². The molecule has 1 heterocycles. The van der Waals surface area contributed by atoms with E-state index in [0.29, 0.717) is 17.5 Å². The van der Waals surface area contributed by atoms with Crippen molar-refractivity contribution < 1.29 is 0 Å². The van der Waals surface area contributed by atoms with Gasteiger partial charge in [-0.25, -0.2) is 4.98 Å². The molecule has 1 aromatic rings. The van der Waals surface area contributed by atoms with Crippen LogP contribution in [0.1, 0.15) is 46.2 Å². The van der Waals surface area contributed by atoms with Gasteiger partial charge in [0.2, 0.25) is 0 Å². The first-order chi connectivity index (χ1) is 9.40. The molecule has 1 aromatic heterocycles. The fourth-order valence-corrected chi connectivity index (χ4v) is 1.92. The molecule has 3 N–H and O–H groups in total. The molecule has 0 saturated heterocycles. The van der Waals surface area contributed by atoms with Crippen LogP contribution in [-0.4, -0.2) is 23.9 Å². The number of pyridine rings is 1. The molecule has 0 radical (unpaired) electrons. The first-order valence-corrected chi connectivity index (χ1v) is 7.46. The molecule has 0 unspecified atom stereocenters. The fourth-order valence-electron chi connectivity index (χ4n) is 1.92. The average molecular weight is 276 g/mol. The van der Waals surface area contributed by atoms with E-state index >= 15 is 0 Å². The smallest absolute Gasteiger partial charge is 0.141 e. The summed E-state index contributed by atoms with van der Waals surface area (Å²) in [5, 5.41) is 7.51. The predicted molar refractivity (Wildman–Crippen MR) is 86.4 cm³/mol. The largest absolute Gasteiger partial charge is 0.382 e. The highest BCUT2D eigenvalue weighted by atomic mass is 15.2. The third-order valence-electron chi connectivity index (χ3n) is 3.29. The van der Waals surface area contributed by atoms with E-state index in [1.54, 1.807) is 6.07 Å². The zero-order chi connectivity index (χ0) is 15.1. The second-order valence-corrected chi connectivity index (χ2v) is 6.15. The Morgan fingerprint density at radius 3 is 2.15 bits per heavy atom. The number of amidine groups is 1. The van der Waals surface area contributed by atoms with Crippen molar-refractivity contribution in [1.29, 1.82) is 5.41 Å². The van der Waals surface area contributed by atoms with Crippen molar-refractivity contribution in [2.45, 2.75) is 40.5 Å². The van der Waals surface area contributed by atoms with Crippen LogP contribution >= 0.6 is 0 Å². The highest BCUT2D eigenvalue weighted by molar-refractivity contribution is 5.93. The Labute approximate surface area is 122 Å². The Hall–Kier alpha value is -1.58. The number of nitrogens with two attached hydrogens (primary N) is 1. The van der Waals surface area contributed by atoms with Gasteiger partial charge in [-0.05, 0) is 36.8 Å². The topological polar surface area (TPSA) is 66.0 Å². The van der Waals surface area contributed by atoms with Crippen molar-refractivity contribution in [3.8, 4) is 0 Å². The minimum Gasteiger partial charge on any atom is -0.382 e. The van der Waals surface area contributed by atoms with Crippen LogP contribution in [0.4, 0.5) is 5.82 Å². The van der Waals surface area contributed by atoms with E-state index in [1.807, 2.05) is 12.1 Å². The molecule has 0 bridgehead atoms. The van der Waals surface area contributed by atoms with E-state index in [9.17, 15) is 0 Å². The van der Waals surface area contributed by atoms with Gasteiger partial charge in [0.25, 0.3) is 0 Å².